The van der Waals surface area contributed by atoms with Gasteiger partial charge in [-0.25, -0.2) is 0 Å². The fourth-order valence-corrected chi connectivity index (χ4v) is 3.78. The Morgan fingerprint density at radius 2 is 2.08 bits per heavy atom. The number of aryl methyl sites for hydroxylation is 1. The Bertz CT molecular complexity index is 557. The molecule has 1 amide bonds. The molecule has 1 fully saturated rings. The third-order valence-corrected chi connectivity index (χ3v) is 5.36. The number of aromatic nitrogens is 3. The molecule has 0 saturated carbocycles. The van der Waals surface area contributed by atoms with Crippen LogP contribution in [0.1, 0.15) is 57.6 Å². The van der Waals surface area contributed by atoms with Gasteiger partial charge in [-0.3, -0.25) is 9.48 Å². The van der Waals surface area contributed by atoms with E-state index in [0.29, 0.717) is 11.8 Å². The average Bonchev–Trinajstić information content (AvgIpc) is 3.08. The highest BCUT2D eigenvalue weighted by molar-refractivity contribution is 5.79. The molecule has 5 heteroatoms. The van der Waals surface area contributed by atoms with Gasteiger partial charge >= 0.3 is 0 Å². The number of carbonyl (C=O) groups excluding carboxylic acids is 1. The molecule has 0 radical (unpaired) electrons. The minimum atomic E-state index is 0.225. The van der Waals surface area contributed by atoms with Gasteiger partial charge in [-0.15, -0.1) is 5.10 Å². The first-order chi connectivity index (χ1) is 11.8. The molecule has 2 aliphatic rings. The van der Waals surface area contributed by atoms with Crippen molar-refractivity contribution in [1.29, 1.82) is 0 Å². The molecular formula is C19H30N4O. The first-order valence-corrected chi connectivity index (χ1v) is 9.59. The van der Waals surface area contributed by atoms with Crippen LogP contribution >= 0.6 is 0 Å². The molecule has 1 unspecified atom stereocenters. The highest BCUT2D eigenvalue weighted by atomic mass is 16.2. The van der Waals surface area contributed by atoms with Crippen molar-refractivity contribution in [2.75, 3.05) is 13.1 Å². The van der Waals surface area contributed by atoms with Crippen molar-refractivity contribution < 1.29 is 4.79 Å². The van der Waals surface area contributed by atoms with Crippen LogP contribution in [0.5, 0.6) is 0 Å². The number of rotatable bonds is 6. The van der Waals surface area contributed by atoms with E-state index in [4.69, 9.17) is 0 Å². The highest BCUT2D eigenvalue weighted by Gasteiger charge is 2.28. The first-order valence-electron chi connectivity index (χ1n) is 9.59. The van der Waals surface area contributed by atoms with Crippen molar-refractivity contribution in [3.63, 3.8) is 0 Å². The summed E-state index contributed by atoms with van der Waals surface area (Å²) in [5, 5.41) is 8.53. The van der Waals surface area contributed by atoms with Gasteiger partial charge in [0.1, 0.15) is 0 Å². The van der Waals surface area contributed by atoms with Gasteiger partial charge in [0.05, 0.1) is 5.69 Å². The summed E-state index contributed by atoms with van der Waals surface area (Å²) in [6.07, 6.45) is 15.0. The maximum atomic E-state index is 12.6. The minimum absolute atomic E-state index is 0.225. The fraction of sp³-hybridized carbons (Fsp3) is 0.737. The van der Waals surface area contributed by atoms with Crippen LogP contribution in [0.2, 0.25) is 0 Å². The monoisotopic (exact) mass is 330 g/mol. The van der Waals surface area contributed by atoms with Crippen molar-refractivity contribution in [2.45, 2.75) is 64.8 Å². The lowest BCUT2D eigenvalue weighted by atomic mass is 9.91. The molecule has 1 aromatic rings. The summed E-state index contributed by atoms with van der Waals surface area (Å²) in [6.45, 7) is 4.94. The fourth-order valence-electron chi connectivity index (χ4n) is 3.78. The molecule has 132 valence electrons. The molecule has 24 heavy (non-hydrogen) atoms. The number of hydrogen-bond acceptors (Lipinski definition) is 3. The quantitative estimate of drug-likeness (QED) is 0.753. The van der Waals surface area contributed by atoms with Crippen LogP contribution in [0.25, 0.3) is 0 Å². The molecule has 1 atom stereocenters. The minimum Gasteiger partial charge on any atom is -0.342 e. The number of allylic oxidation sites excluding steroid dienone is 2. The Labute approximate surface area is 145 Å². The van der Waals surface area contributed by atoms with Gasteiger partial charge in [-0.05, 0) is 50.9 Å². The molecule has 1 saturated heterocycles. The van der Waals surface area contributed by atoms with E-state index in [0.717, 1.165) is 63.9 Å². The molecule has 3 rings (SSSR count). The predicted octanol–water partition coefficient (Wildman–Crippen LogP) is 3.22. The van der Waals surface area contributed by atoms with Gasteiger partial charge in [-0.2, -0.15) is 0 Å². The van der Waals surface area contributed by atoms with E-state index in [-0.39, 0.29) is 5.92 Å². The predicted molar refractivity (Wildman–Crippen MR) is 94.4 cm³/mol. The number of likely N-dealkylation sites (tertiary alicyclic amines) is 1. The summed E-state index contributed by atoms with van der Waals surface area (Å²) in [5.74, 6) is 1.21. The van der Waals surface area contributed by atoms with Crippen molar-refractivity contribution in [2.24, 2.45) is 11.8 Å². The van der Waals surface area contributed by atoms with Gasteiger partial charge < -0.3 is 4.90 Å². The van der Waals surface area contributed by atoms with Gasteiger partial charge in [0.2, 0.25) is 5.91 Å². The summed E-state index contributed by atoms with van der Waals surface area (Å²) in [4.78, 5) is 14.7. The summed E-state index contributed by atoms with van der Waals surface area (Å²) >= 11 is 0. The zero-order valence-electron chi connectivity index (χ0n) is 14.9. The van der Waals surface area contributed by atoms with Gasteiger partial charge in [0.25, 0.3) is 0 Å². The average molecular weight is 330 g/mol. The van der Waals surface area contributed by atoms with Crippen molar-refractivity contribution in [1.82, 2.24) is 19.9 Å². The van der Waals surface area contributed by atoms with Crippen LogP contribution in [0.4, 0.5) is 0 Å². The van der Waals surface area contributed by atoms with Crippen LogP contribution in [-0.4, -0.2) is 38.9 Å². The van der Waals surface area contributed by atoms with Crippen LogP contribution in [0.3, 0.4) is 0 Å². The topological polar surface area (TPSA) is 51.0 Å². The molecule has 1 aromatic heterocycles. The Morgan fingerprint density at radius 1 is 1.25 bits per heavy atom. The van der Waals surface area contributed by atoms with Crippen LogP contribution in [0.15, 0.2) is 18.3 Å². The molecule has 5 nitrogen and oxygen atoms in total. The standard InChI is InChI=1S/C19H30N4O/c1-2-3-9-18-15-23(21-20-18)14-16-10-12-22(13-11-16)19(24)17-7-5-4-6-8-17/h4-5,15-17H,2-3,6-14H2,1H3. The lowest BCUT2D eigenvalue weighted by Gasteiger charge is -2.34. The van der Waals surface area contributed by atoms with Crippen LogP contribution in [-0.2, 0) is 17.8 Å². The molecule has 0 N–H and O–H groups in total. The second kappa shape index (κ2) is 8.45. The Balaban J connectivity index is 1.44. The Kier molecular flexibility index (Phi) is 6.05. The van der Waals surface area contributed by atoms with E-state index in [9.17, 15) is 4.79 Å². The van der Waals surface area contributed by atoms with E-state index >= 15 is 0 Å². The Morgan fingerprint density at radius 3 is 2.79 bits per heavy atom. The summed E-state index contributed by atoms with van der Waals surface area (Å²) in [5.41, 5.74) is 1.11. The van der Waals surface area contributed by atoms with Crippen LogP contribution in [0, 0.1) is 11.8 Å². The van der Waals surface area contributed by atoms with E-state index < -0.39 is 0 Å². The normalized spacial score (nSPS) is 22.0. The highest BCUT2D eigenvalue weighted by Crippen LogP contribution is 2.25. The third-order valence-electron chi connectivity index (χ3n) is 5.36. The lowest BCUT2D eigenvalue weighted by Crippen LogP contribution is -2.42. The second-order valence-electron chi connectivity index (χ2n) is 7.29. The smallest absolute Gasteiger partial charge is 0.226 e. The molecule has 0 aromatic carbocycles. The van der Waals surface area contributed by atoms with Crippen molar-refractivity contribution in [3.8, 4) is 0 Å². The number of unbranched alkanes of at least 4 members (excludes halogenated alkanes) is 1. The van der Waals surface area contributed by atoms with Gasteiger partial charge in [0.15, 0.2) is 0 Å². The number of hydrogen-bond donors (Lipinski definition) is 0. The molecule has 2 heterocycles. The molecular weight excluding hydrogens is 300 g/mol. The SMILES string of the molecule is CCCCc1cn(CC2CCN(C(=O)C3CC=CCC3)CC2)nn1. The number of piperidine rings is 1. The van der Waals surface area contributed by atoms with E-state index in [1.165, 1.54) is 12.8 Å². The van der Waals surface area contributed by atoms with E-state index in [1.54, 1.807) is 0 Å². The zero-order chi connectivity index (χ0) is 16.8. The number of nitrogens with zero attached hydrogens (tertiary/aromatic N) is 4. The summed E-state index contributed by atoms with van der Waals surface area (Å²) in [6, 6.07) is 0. The molecule has 0 bridgehead atoms. The molecule has 1 aliphatic carbocycles. The van der Waals surface area contributed by atoms with Crippen molar-refractivity contribution >= 4 is 5.91 Å². The Hall–Kier alpha value is -1.65. The van der Waals surface area contributed by atoms with Crippen LogP contribution < -0.4 is 0 Å². The molecule has 1 aliphatic heterocycles. The first kappa shape index (κ1) is 17.2. The van der Waals surface area contributed by atoms with Crippen molar-refractivity contribution in [3.05, 3.63) is 24.0 Å². The summed E-state index contributed by atoms with van der Waals surface area (Å²) < 4.78 is 2.00. The maximum absolute atomic E-state index is 12.6. The molecule has 0 spiro atoms. The zero-order valence-corrected chi connectivity index (χ0v) is 14.9. The largest absolute Gasteiger partial charge is 0.342 e. The maximum Gasteiger partial charge on any atom is 0.226 e. The summed E-state index contributed by atoms with van der Waals surface area (Å²) in [7, 11) is 0. The van der Waals surface area contributed by atoms with Gasteiger partial charge in [0, 0.05) is 31.7 Å². The second-order valence-corrected chi connectivity index (χ2v) is 7.29. The number of carbonyl (C=O) groups is 1. The lowest BCUT2D eigenvalue weighted by molar-refractivity contribution is -0.137. The third kappa shape index (κ3) is 4.46. The number of amides is 1. The van der Waals surface area contributed by atoms with Gasteiger partial charge in [-0.1, -0.05) is 30.7 Å². The van der Waals surface area contributed by atoms with E-state index in [1.807, 2.05) is 4.68 Å². The van der Waals surface area contributed by atoms with E-state index in [2.05, 4.69) is 40.5 Å².